The summed E-state index contributed by atoms with van der Waals surface area (Å²) in [7, 11) is 1.65. The fraction of sp³-hybridized carbons (Fsp3) is 0.571. The highest BCUT2D eigenvalue weighted by Crippen LogP contribution is 2.22. The lowest BCUT2D eigenvalue weighted by atomic mass is 10.1. The molecule has 1 amide bonds. The van der Waals surface area contributed by atoms with Gasteiger partial charge in [0.2, 0.25) is 0 Å². The van der Waals surface area contributed by atoms with E-state index in [1.54, 1.807) is 11.9 Å². The van der Waals surface area contributed by atoms with E-state index in [2.05, 4.69) is 24.1 Å². The lowest BCUT2D eigenvalue weighted by molar-refractivity contribution is -0.385. The fourth-order valence-electron chi connectivity index (χ4n) is 1.93. The average Bonchev–Trinajstić information content (AvgIpc) is 2.50. The predicted molar refractivity (Wildman–Crippen MR) is 81.5 cm³/mol. The summed E-state index contributed by atoms with van der Waals surface area (Å²) in [5, 5.41) is 13.9. The van der Waals surface area contributed by atoms with Crippen LogP contribution in [-0.2, 0) is 0 Å². The Bertz CT molecular complexity index is 519. The number of nitrogens with zero attached hydrogens (tertiary/aromatic N) is 3. The van der Waals surface area contributed by atoms with E-state index < -0.39 is 4.92 Å². The van der Waals surface area contributed by atoms with E-state index in [1.807, 2.05) is 6.92 Å². The first-order chi connectivity index (χ1) is 9.94. The van der Waals surface area contributed by atoms with Crippen LogP contribution in [0.1, 0.15) is 37.6 Å². The Kier molecular flexibility index (Phi) is 6.08. The zero-order valence-electron chi connectivity index (χ0n) is 12.9. The third kappa shape index (κ3) is 4.14. The van der Waals surface area contributed by atoms with E-state index >= 15 is 0 Å². The van der Waals surface area contributed by atoms with Gasteiger partial charge in [-0.3, -0.25) is 14.9 Å². The molecule has 1 heterocycles. The summed E-state index contributed by atoms with van der Waals surface area (Å²) in [6.07, 6.45) is 2.07. The largest absolute Gasteiger partial charge is 0.373 e. The molecular weight excluding hydrogens is 272 g/mol. The van der Waals surface area contributed by atoms with Crippen LogP contribution in [0.3, 0.4) is 0 Å². The third-order valence-electron chi connectivity index (χ3n) is 3.46. The SMILES string of the molecule is CCC(C)CN(CC)C(=O)c1cc(NC)ncc1[N+](=O)[O-]. The smallest absolute Gasteiger partial charge is 0.300 e. The molecule has 7 heteroatoms. The molecule has 0 saturated heterocycles. The molecule has 1 atom stereocenters. The van der Waals surface area contributed by atoms with Gasteiger partial charge in [-0.1, -0.05) is 20.3 Å². The van der Waals surface area contributed by atoms with Gasteiger partial charge in [0, 0.05) is 26.2 Å². The molecule has 0 saturated carbocycles. The number of nitro groups is 1. The maximum atomic E-state index is 12.6. The number of rotatable bonds is 7. The van der Waals surface area contributed by atoms with Crippen molar-refractivity contribution in [2.75, 3.05) is 25.5 Å². The Morgan fingerprint density at radius 2 is 2.19 bits per heavy atom. The summed E-state index contributed by atoms with van der Waals surface area (Å²) in [4.78, 5) is 28.6. The number of nitrogens with one attached hydrogen (secondary N) is 1. The van der Waals surface area contributed by atoms with Gasteiger partial charge in [0.1, 0.15) is 17.6 Å². The molecule has 0 radical (unpaired) electrons. The van der Waals surface area contributed by atoms with Crippen LogP contribution in [0.4, 0.5) is 11.5 Å². The molecule has 0 fully saturated rings. The first kappa shape index (κ1) is 16.9. The number of hydrogen-bond acceptors (Lipinski definition) is 5. The van der Waals surface area contributed by atoms with Gasteiger partial charge in [0.15, 0.2) is 0 Å². The molecule has 1 rings (SSSR count). The van der Waals surface area contributed by atoms with Gasteiger partial charge in [-0.25, -0.2) is 4.98 Å². The Morgan fingerprint density at radius 1 is 1.52 bits per heavy atom. The molecule has 1 aromatic rings. The summed E-state index contributed by atoms with van der Waals surface area (Å²) in [5.74, 6) is 0.450. The van der Waals surface area contributed by atoms with E-state index in [4.69, 9.17) is 0 Å². The molecule has 0 aliphatic heterocycles. The van der Waals surface area contributed by atoms with Crippen molar-refractivity contribution in [3.05, 3.63) is 27.9 Å². The van der Waals surface area contributed by atoms with E-state index in [-0.39, 0.29) is 17.2 Å². The summed E-state index contributed by atoms with van der Waals surface area (Å²) >= 11 is 0. The predicted octanol–water partition coefficient (Wildman–Crippen LogP) is 2.54. The van der Waals surface area contributed by atoms with Crippen LogP contribution in [0.5, 0.6) is 0 Å². The standard InChI is InChI=1S/C14H22N4O3/c1-5-10(3)9-17(6-2)14(19)11-7-13(15-4)16-8-12(11)18(20)21/h7-8,10H,5-6,9H2,1-4H3,(H,15,16). The number of hydrogen-bond donors (Lipinski definition) is 1. The first-order valence-electron chi connectivity index (χ1n) is 7.05. The minimum absolute atomic E-state index is 0.0736. The van der Waals surface area contributed by atoms with Crippen LogP contribution in [0.15, 0.2) is 12.3 Å². The monoisotopic (exact) mass is 294 g/mol. The molecule has 1 aromatic heterocycles. The van der Waals surface area contributed by atoms with Crippen molar-refractivity contribution in [1.29, 1.82) is 0 Å². The minimum Gasteiger partial charge on any atom is -0.373 e. The summed E-state index contributed by atoms with van der Waals surface area (Å²) in [5.41, 5.74) is -0.189. The molecule has 116 valence electrons. The molecule has 0 spiro atoms. The second-order valence-electron chi connectivity index (χ2n) is 4.95. The normalized spacial score (nSPS) is 11.8. The van der Waals surface area contributed by atoms with Gasteiger partial charge < -0.3 is 10.2 Å². The molecule has 1 N–H and O–H groups in total. The number of carbonyl (C=O) groups is 1. The van der Waals surface area contributed by atoms with Crippen LogP contribution in [0.2, 0.25) is 0 Å². The van der Waals surface area contributed by atoms with Crippen molar-refractivity contribution in [3.8, 4) is 0 Å². The van der Waals surface area contributed by atoms with Crippen molar-refractivity contribution >= 4 is 17.4 Å². The number of carbonyl (C=O) groups excluding carboxylic acids is 1. The molecule has 21 heavy (non-hydrogen) atoms. The van der Waals surface area contributed by atoms with Gasteiger partial charge in [-0.2, -0.15) is 0 Å². The quantitative estimate of drug-likeness (QED) is 0.616. The van der Waals surface area contributed by atoms with Crippen molar-refractivity contribution in [3.63, 3.8) is 0 Å². The van der Waals surface area contributed by atoms with Crippen LogP contribution >= 0.6 is 0 Å². The zero-order valence-corrected chi connectivity index (χ0v) is 12.9. The molecule has 0 aromatic carbocycles. The van der Waals surface area contributed by atoms with Gasteiger partial charge in [0.25, 0.3) is 11.6 Å². The van der Waals surface area contributed by atoms with Gasteiger partial charge in [-0.15, -0.1) is 0 Å². The topological polar surface area (TPSA) is 88.4 Å². The Morgan fingerprint density at radius 3 is 2.67 bits per heavy atom. The molecular formula is C14H22N4O3. The third-order valence-corrected chi connectivity index (χ3v) is 3.46. The summed E-state index contributed by atoms with van der Waals surface area (Å²) in [6.45, 7) is 7.07. The van der Waals surface area contributed by atoms with E-state index in [0.717, 1.165) is 12.6 Å². The lowest BCUT2D eigenvalue weighted by Crippen LogP contribution is -2.35. The van der Waals surface area contributed by atoms with E-state index in [0.29, 0.717) is 24.8 Å². The first-order valence-corrected chi connectivity index (χ1v) is 7.05. The Hall–Kier alpha value is -2.18. The van der Waals surface area contributed by atoms with E-state index in [9.17, 15) is 14.9 Å². The number of aromatic nitrogens is 1. The number of amides is 1. The summed E-state index contributed by atoms with van der Waals surface area (Å²) < 4.78 is 0. The number of anilines is 1. The Labute approximate surface area is 124 Å². The van der Waals surface area contributed by atoms with Crippen molar-refractivity contribution < 1.29 is 9.72 Å². The summed E-state index contributed by atoms with van der Waals surface area (Å²) in [6, 6.07) is 1.43. The number of pyridine rings is 1. The molecule has 0 aliphatic carbocycles. The van der Waals surface area contributed by atoms with Crippen molar-refractivity contribution in [2.45, 2.75) is 27.2 Å². The molecule has 0 aliphatic rings. The maximum Gasteiger partial charge on any atom is 0.300 e. The van der Waals surface area contributed by atoms with Crippen LogP contribution in [0.25, 0.3) is 0 Å². The Balaban J connectivity index is 3.16. The highest BCUT2D eigenvalue weighted by molar-refractivity contribution is 5.98. The van der Waals surface area contributed by atoms with Gasteiger partial charge >= 0.3 is 0 Å². The van der Waals surface area contributed by atoms with Gasteiger partial charge in [-0.05, 0) is 12.8 Å². The van der Waals surface area contributed by atoms with Crippen molar-refractivity contribution in [1.82, 2.24) is 9.88 Å². The van der Waals surface area contributed by atoms with Crippen LogP contribution in [-0.4, -0.2) is 40.9 Å². The molecule has 1 unspecified atom stereocenters. The second-order valence-corrected chi connectivity index (χ2v) is 4.95. The molecule has 0 bridgehead atoms. The minimum atomic E-state index is -0.573. The van der Waals surface area contributed by atoms with Crippen molar-refractivity contribution in [2.24, 2.45) is 5.92 Å². The average molecular weight is 294 g/mol. The molecule has 7 nitrogen and oxygen atoms in total. The van der Waals surface area contributed by atoms with Gasteiger partial charge in [0.05, 0.1) is 4.92 Å². The zero-order chi connectivity index (χ0) is 16.0. The van der Waals surface area contributed by atoms with Crippen LogP contribution in [0, 0.1) is 16.0 Å². The fourth-order valence-corrected chi connectivity index (χ4v) is 1.93. The highest BCUT2D eigenvalue weighted by atomic mass is 16.6. The second kappa shape index (κ2) is 7.56. The highest BCUT2D eigenvalue weighted by Gasteiger charge is 2.25. The lowest BCUT2D eigenvalue weighted by Gasteiger charge is -2.24. The van der Waals surface area contributed by atoms with Crippen LogP contribution < -0.4 is 5.32 Å². The maximum absolute atomic E-state index is 12.6. The van der Waals surface area contributed by atoms with E-state index in [1.165, 1.54) is 6.07 Å².